The first-order chi connectivity index (χ1) is 19.1. The number of aliphatic hydroxyl groups is 1. The zero-order valence-electron chi connectivity index (χ0n) is 21.8. The second kappa shape index (κ2) is 11.8. The van der Waals surface area contributed by atoms with E-state index in [1.807, 2.05) is 60.7 Å². The van der Waals surface area contributed by atoms with Gasteiger partial charge in [-0.2, -0.15) is 0 Å². The summed E-state index contributed by atoms with van der Waals surface area (Å²) in [7, 11) is 0. The summed E-state index contributed by atoms with van der Waals surface area (Å²) in [5.41, 5.74) is 4.11. The van der Waals surface area contributed by atoms with Gasteiger partial charge in [0.05, 0.1) is 37.9 Å². The maximum atomic E-state index is 12.9. The molecule has 2 N–H and O–H groups in total. The van der Waals surface area contributed by atoms with Crippen LogP contribution in [0, 0.1) is 0 Å². The van der Waals surface area contributed by atoms with Crippen molar-refractivity contribution in [1.82, 2.24) is 4.90 Å². The van der Waals surface area contributed by atoms with Crippen LogP contribution in [0.2, 0.25) is 0 Å². The molecule has 0 unspecified atom stereocenters. The number of β-amino-alcohol motifs (C(OH)–C–C–N with tert-alkyl or cyclic N) is 1. The number of ether oxygens (including phenoxy) is 4. The minimum Gasteiger partial charge on any atom is -0.454 e. The molecule has 0 bridgehead atoms. The molecule has 2 fully saturated rings. The van der Waals surface area contributed by atoms with Crippen molar-refractivity contribution in [2.75, 3.05) is 31.9 Å². The van der Waals surface area contributed by atoms with Crippen molar-refractivity contribution in [3.05, 3.63) is 78.4 Å². The van der Waals surface area contributed by atoms with Crippen molar-refractivity contribution in [2.24, 2.45) is 0 Å². The second-order valence-corrected chi connectivity index (χ2v) is 10.4. The number of carbonyl (C=O) groups excluding carboxylic acids is 1. The SMILES string of the molecule is O=C(C[C@@H]1CC[C@H]2[C@@H](COC[C@H](O)CN2Cc2ccc3c(c2)OCO3)O1)Nc1ccc(-c2ccccc2)cc1. The summed E-state index contributed by atoms with van der Waals surface area (Å²) >= 11 is 0. The van der Waals surface area contributed by atoms with Crippen LogP contribution < -0.4 is 14.8 Å². The molecule has 1 amide bonds. The lowest BCUT2D eigenvalue weighted by Gasteiger charge is -2.44. The minimum absolute atomic E-state index is 0.0645. The molecule has 8 heteroatoms. The number of anilines is 1. The Hall–Kier alpha value is -3.43. The Bertz CT molecular complexity index is 1270. The number of aliphatic hydroxyl groups excluding tert-OH is 1. The molecular formula is C31H34N2O6. The van der Waals surface area contributed by atoms with E-state index in [2.05, 4.69) is 22.3 Å². The van der Waals surface area contributed by atoms with Gasteiger partial charge in [-0.1, -0.05) is 48.5 Å². The molecule has 6 rings (SSSR count). The zero-order valence-corrected chi connectivity index (χ0v) is 21.8. The molecule has 204 valence electrons. The first kappa shape index (κ1) is 25.8. The van der Waals surface area contributed by atoms with Gasteiger partial charge in [-0.3, -0.25) is 9.69 Å². The molecule has 0 saturated carbocycles. The Labute approximate surface area is 228 Å². The van der Waals surface area contributed by atoms with Crippen LogP contribution >= 0.6 is 0 Å². The van der Waals surface area contributed by atoms with Crippen LogP contribution in [-0.4, -0.2) is 66.8 Å². The van der Waals surface area contributed by atoms with Gasteiger partial charge >= 0.3 is 0 Å². The molecule has 3 aliphatic rings. The number of hydrogen-bond acceptors (Lipinski definition) is 7. The maximum Gasteiger partial charge on any atom is 0.231 e. The van der Waals surface area contributed by atoms with Crippen molar-refractivity contribution in [3.63, 3.8) is 0 Å². The van der Waals surface area contributed by atoms with Crippen molar-refractivity contribution in [1.29, 1.82) is 0 Å². The van der Waals surface area contributed by atoms with Gasteiger partial charge in [0.2, 0.25) is 12.7 Å². The predicted molar refractivity (Wildman–Crippen MR) is 147 cm³/mol. The number of amides is 1. The highest BCUT2D eigenvalue weighted by Crippen LogP contribution is 2.34. The predicted octanol–water partition coefficient (Wildman–Crippen LogP) is 4.22. The lowest BCUT2D eigenvalue weighted by Crippen LogP contribution is -2.55. The van der Waals surface area contributed by atoms with Gasteiger partial charge < -0.3 is 29.4 Å². The number of rotatable bonds is 6. The lowest BCUT2D eigenvalue weighted by atomic mass is 9.94. The Morgan fingerprint density at radius 3 is 2.56 bits per heavy atom. The van der Waals surface area contributed by atoms with E-state index in [9.17, 15) is 9.90 Å². The number of fused-ring (bicyclic) bond motifs is 2. The maximum absolute atomic E-state index is 12.9. The quantitative estimate of drug-likeness (QED) is 0.493. The summed E-state index contributed by atoms with van der Waals surface area (Å²) < 4.78 is 23.2. The minimum atomic E-state index is -0.572. The fourth-order valence-corrected chi connectivity index (χ4v) is 5.70. The number of nitrogens with one attached hydrogen (secondary N) is 1. The van der Waals surface area contributed by atoms with Gasteiger partial charge in [0, 0.05) is 24.8 Å². The number of hydrogen-bond donors (Lipinski definition) is 2. The molecule has 0 spiro atoms. The van der Waals surface area contributed by atoms with Crippen molar-refractivity contribution in [3.8, 4) is 22.6 Å². The van der Waals surface area contributed by atoms with Gasteiger partial charge in [-0.15, -0.1) is 0 Å². The fraction of sp³-hybridized carbons (Fsp3) is 0.387. The van der Waals surface area contributed by atoms with Crippen LogP contribution in [0.4, 0.5) is 5.69 Å². The van der Waals surface area contributed by atoms with E-state index >= 15 is 0 Å². The second-order valence-electron chi connectivity index (χ2n) is 10.4. The van der Waals surface area contributed by atoms with Crippen LogP contribution in [0.15, 0.2) is 72.8 Å². The third-order valence-electron chi connectivity index (χ3n) is 7.60. The van der Waals surface area contributed by atoms with E-state index in [4.69, 9.17) is 18.9 Å². The molecule has 3 aromatic carbocycles. The molecule has 39 heavy (non-hydrogen) atoms. The first-order valence-corrected chi connectivity index (χ1v) is 13.6. The van der Waals surface area contributed by atoms with E-state index in [1.165, 1.54) is 0 Å². The number of nitrogens with zero attached hydrogens (tertiary/aromatic N) is 1. The smallest absolute Gasteiger partial charge is 0.231 e. The molecule has 0 aliphatic carbocycles. The monoisotopic (exact) mass is 530 g/mol. The molecular weight excluding hydrogens is 496 g/mol. The molecule has 3 heterocycles. The van der Waals surface area contributed by atoms with Gasteiger partial charge in [-0.05, 0) is 53.8 Å². The molecule has 3 aliphatic heterocycles. The molecule has 0 aromatic heterocycles. The van der Waals surface area contributed by atoms with E-state index in [0.29, 0.717) is 19.7 Å². The standard InChI is InChI=1S/C31H34N2O6/c34-25-17-33(16-21-6-13-28-29(14-21)38-20-37-28)27-12-11-26(39-30(27)19-36-18-25)15-31(35)32-24-9-7-23(8-10-24)22-4-2-1-3-5-22/h1-10,13-14,25-27,30,34H,11-12,15-20H2,(H,32,35)/t25-,26+,27+,30-/m1/s1. The van der Waals surface area contributed by atoms with Crippen molar-refractivity contribution >= 4 is 11.6 Å². The van der Waals surface area contributed by atoms with Gasteiger partial charge in [0.25, 0.3) is 0 Å². The van der Waals surface area contributed by atoms with E-state index < -0.39 is 6.10 Å². The molecule has 0 radical (unpaired) electrons. The largest absolute Gasteiger partial charge is 0.454 e. The average molecular weight is 531 g/mol. The topological polar surface area (TPSA) is 89.5 Å². The lowest BCUT2D eigenvalue weighted by molar-refractivity contribution is -0.156. The van der Waals surface area contributed by atoms with Crippen LogP contribution in [0.25, 0.3) is 11.1 Å². The van der Waals surface area contributed by atoms with E-state index in [1.54, 1.807) is 0 Å². The first-order valence-electron chi connectivity index (χ1n) is 13.6. The fourth-order valence-electron chi connectivity index (χ4n) is 5.70. The summed E-state index contributed by atoms with van der Waals surface area (Å²) in [5.74, 6) is 1.44. The Morgan fingerprint density at radius 1 is 0.923 bits per heavy atom. The average Bonchev–Trinajstić information content (AvgIpc) is 3.41. The normalized spacial score (nSPS) is 24.8. The van der Waals surface area contributed by atoms with Crippen LogP contribution in [0.1, 0.15) is 24.8 Å². The van der Waals surface area contributed by atoms with E-state index in [0.717, 1.165) is 46.7 Å². The van der Waals surface area contributed by atoms with Crippen molar-refractivity contribution < 1.29 is 28.8 Å². The summed E-state index contributed by atoms with van der Waals surface area (Å²) in [4.78, 5) is 15.1. The third kappa shape index (κ3) is 6.25. The highest BCUT2D eigenvalue weighted by molar-refractivity contribution is 5.91. The Kier molecular flexibility index (Phi) is 7.78. The van der Waals surface area contributed by atoms with E-state index in [-0.39, 0.29) is 44.0 Å². The summed E-state index contributed by atoms with van der Waals surface area (Å²) in [5, 5.41) is 13.5. The van der Waals surface area contributed by atoms with Crippen LogP contribution in [-0.2, 0) is 20.8 Å². The van der Waals surface area contributed by atoms with Gasteiger partial charge in [0.1, 0.15) is 0 Å². The molecule has 3 aromatic rings. The third-order valence-corrected chi connectivity index (χ3v) is 7.60. The summed E-state index contributed by atoms with van der Waals surface area (Å²) in [6.07, 6.45) is 0.966. The molecule has 8 nitrogen and oxygen atoms in total. The van der Waals surface area contributed by atoms with Gasteiger partial charge in [0.15, 0.2) is 11.5 Å². The zero-order chi connectivity index (χ0) is 26.6. The van der Waals surface area contributed by atoms with Crippen LogP contribution in [0.5, 0.6) is 11.5 Å². The Morgan fingerprint density at radius 2 is 1.72 bits per heavy atom. The Balaban J connectivity index is 1.06. The molecule has 4 atom stereocenters. The van der Waals surface area contributed by atoms with Gasteiger partial charge in [-0.25, -0.2) is 0 Å². The summed E-state index contributed by atoms with van der Waals surface area (Å²) in [6.45, 7) is 2.03. The molecule has 2 saturated heterocycles. The number of benzene rings is 3. The van der Waals surface area contributed by atoms with Crippen molar-refractivity contribution in [2.45, 2.75) is 50.2 Å². The number of carbonyl (C=O) groups is 1. The summed E-state index contributed by atoms with van der Waals surface area (Å²) in [6, 6.07) is 24.1. The van der Waals surface area contributed by atoms with Crippen LogP contribution in [0.3, 0.4) is 0 Å². The highest BCUT2D eigenvalue weighted by Gasteiger charge is 2.38. The highest BCUT2D eigenvalue weighted by atomic mass is 16.7.